The second-order valence-corrected chi connectivity index (χ2v) is 7.45. The van der Waals surface area contributed by atoms with Gasteiger partial charge in [0.15, 0.2) is 11.5 Å². The summed E-state index contributed by atoms with van der Waals surface area (Å²) in [5, 5.41) is 6.82. The summed E-state index contributed by atoms with van der Waals surface area (Å²) in [6.07, 6.45) is 3.83. The van der Waals surface area contributed by atoms with Crippen molar-refractivity contribution in [3.05, 3.63) is 54.1 Å². The van der Waals surface area contributed by atoms with Crippen LogP contribution in [0.1, 0.15) is 35.5 Å². The number of aromatic nitrogens is 1. The predicted octanol–water partition coefficient (Wildman–Crippen LogP) is 3.26. The monoisotopic (exact) mass is 439 g/mol. The summed E-state index contributed by atoms with van der Waals surface area (Å²) in [5.41, 5.74) is 0.750. The number of ether oxygens (including phenoxy) is 2. The van der Waals surface area contributed by atoms with Crippen LogP contribution in [0.5, 0.6) is 11.5 Å². The van der Waals surface area contributed by atoms with Gasteiger partial charge in [-0.3, -0.25) is 9.59 Å². The van der Waals surface area contributed by atoms with E-state index in [0.29, 0.717) is 41.5 Å². The van der Waals surface area contributed by atoms with Crippen LogP contribution in [0.25, 0.3) is 11.3 Å². The summed E-state index contributed by atoms with van der Waals surface area (Å²) in [7, 11) is 3.11. The average Bonchev–Trinajstić information content (AvgIpc) is 3.54. The highest BCUT2D eigenvalue weighted by molar-refractivity contribution is 5.97. The van der Waals surface area contributed by atoms with Crippen LogP contribution in [0.2, 0.25) is 0 Å². The molecule has 1 aliphatic heterocycles. The van der Waals surface area contributed by atoms with Gasteiger partial charge in [-0.05, 0) is 49.6 Å². The van der Waals surface area contributed by atoms with Gasteiger partial charge >= 0.3 is 0 Å². The molecule has 1 fully saturated rings. The minimum atomic E-state index is -0.572. The van der Waals surface area contributed by atoms with Crippen LogP contribution in [-0.2, 0) is 11.3 Å². The smallest absolute Gasteiger partial charge is 0.276 e. The molecular formula is C23H25N3O6. The Hall–Kier alpha value is -3.75. The fourth-order valence-corrected chi connectivity index (χ4v) is 3.81. The normalized spacial score (nSPS) is 15.9. The van der Waals surface area contributed by atoms with E-state index in [0.717, 1.165) is 12.8 Å². The third kappa shape index (κ3) is 4.46. The minimum absolute atomic E-state index is 0.135. The summed E-state index contributed by atoms with van der Waals surface area (Å²) in [6.45, 7) is 0.746. The molecule has 0 unspecified atom stereocenters. The van der Waals surface area contributed by atoms with Crippen molar-refractivity contribution in [1.82, 2.24) is 15.4 Å². The first-order chi connectivity index (χ1) is 15.6. The zero-order chi connectivity index (χ0) is 22.5. The zero-order valence-corrected chi connectivity index (χ0v) is 18.0. The second kappa shape index (κ2) is 9.59. The Bertz CT molecular complexity index is 1080. The number of nitrogens with one attached hydrogen (secondary N) is 1. The molecule has 2 aromatic heterocycles. The number of hydrogen-bond donors (Lipinski definition) is 1. The first kappa shape index (κ1) is 21.5. The third-order valence-electron chi connectivity index (χ3n) is 5.48. The topological polar surface area (TPSA) is 107 Å². The highest BCUT2D eigenvalue weighted by Crippen LogP contribution is 2.34. The molecule has 3 aromatic rings. The van der Waals surface area contributed by atoms with Crippen molar-refractivity contribution in [2.75, 3.05) is 20.8 Å². The Balaban J connectivity index is 1.52. The molecule has 1 saturated heterocycles. The molecule has 3 heterocycles. The molecule has 9 heteroatoms. The van der Waals surface area contributed by atoms with E-state index < -0.39 is 6.04 Å². The number of methoxy groups -OCH3 is 2. The van der Waals surface area contributed by atoms with Crippen LogP contribution in [0.15, 0.2) is 51.6 Å². The van der Waals surface area contributed by atoms with E-state index in [9.17, 15) is 9.59 Å². The Labute approximate surface area is 185 Å². The van der Waals surface area contributed by atoms with Gasteiger partial charge in [0, 0.05) is 12.6 Å². The van der Waals surface area contributed by atoms with Gasteiger partial charge in [0.25, 0.3) is 5.91 Å². The predicted molar refractivity (Wildman–Crippen MR) is 114 cm³/mol. The minimum Gasteiger partial charge on any atom is -0.497 e. The van der Waals surface area contributed by atoms with Crippen LogP contribution in [-0.4, -0.2) is 48.7 Å². The summed E-state index contributed by atoms with van der Waals surface area (Å²) in [6, 6.07) is 9.81. The van der Waals surface area contributed by atoms with Crippen LogP contribution in [0, 0.1) is 0 Å². The summed E-state index contributed by atoms with van der Waals surface area (Å²) < 4.78 is 21.4. The molecule has 32 heavy (non-hydrogen) atoms. The molecule has 0 radical (unpaired) electrons. The van der Waals surface area contributed by atoms with Gasteiger partial charge in [0.05, 0.1) is 32.6 Å². The summed E-state index contributed by atoms with van der Waals surface area (Å²) in [5.74, 6) is 1.65. The van der Waals surface area contributed by atoms with E-state index in [4.69, 9.17) is 18.4 Å². The van der Waals surface area contributed by atoms with Crippen LogP contribution in [0.3, 0.4) is 0 Å². The van der Waals surface area contributed by atoms with Crippen molar-refractivity contribution < 1.29 is 28.0 Å². The van der Waals surface area contributed by atoms with Gasteiger partial charge in [0.2, 0.25) is 5.91 Å². The molecule has 4 rings (SSSR count). The van der Waals surface area contributed by atoms with Crippen LogP contribution >= 0.6 is 0 Å². The molecular weight excluding hydrogens is 414 g/mol. The number of amides is 2. The molecule has 1 atom stereocenters. The summed E-state index contributed by atoms with van der Waals surface area (Å²) >= 11 is 0. The number of hydrogen-bond acceptors (Lipinski definition) is 7. The van der Waals surface area contributed by atoms with Gasteiger partial charge in [-0.15, -0.1) is 0 Å². The van der Waals surface area contributed by atoms with Crippen molar-refractivity contribution in [2.24, 2.45) is 0 Å². The Morgan fingerprint density at radius 2 is 2.06 bits per heavy atom. The van der Waals surface area contributed by atoms with E-state index in [1.807, 2.05) is 0 Å². The summed E-state index contributed by atoms with van der Waals surface area (Å²) in [4.78, 5) is 27.6. The first-order valence-corrected chi connectivity index (χ1v) is 10.4. The van der Waals surface area contributed by atoms with E-state index in [-0.39, 0.29) is 24.1 Å². The maximum absolute atomic E-state index is 13.2. The van der Waals surface area contributed by atoms with Gasteiger partial charge in [-0.25, -0.2) is 0 Å². The SMILES string of the molecule is COc1ccc(OC)c(-c2cc(C(=O)N3CCCC[C@@H]3C(=O)NCc3ccco3)no2)c1. The van der Waals surface area contributed by atoms with Gasteiger partial charge < -0.3 is 28.6 Å². The van der Waals surface area contributed by atoms with Gasteiger partial charge in [0.1, 0.15) is 23.3 Å². The quantitative estimate of drug-likeness (QED) is 0.602. The number of nitrogens with zero attached hydrogens (tertiary/aromatic N) is 2. The standard InChI is InChI=1S/C23H25N3O6/c1-29-15-8-9-20(30-2)17(12-15)21-13-18(25-32-21)23(28)26-10-4-3-7-19(26)22(27)24-14-16-6-5-11-31-16/h5-6,8-9,11-13,19H,3-4,7,10,14H2,1-2H3,(H,24,27)/t19-/m1/s1. The Kier molecular flexibility index (Phi) is 6.44. The van der Waals surface area contributed by atoms with E-state index in [2.05, 4.69) is 10.5 Å². The van der Waals surface area contributed by atoms with Crippen molar-refractivity contribution in [2.45, 2.75) is 31.8 Å². The highest BCUT2D eigenvalue weighted by atomic mass is 16.5. The Morgan fingerprint density at radius 1 is 1.19 bits per heavy atom. The van der Waals surface area contributed by atoms with E-state index in [1.165, 1.54) is 0 Å². The molecule has 1 N–H and O–H groups in total. The molecule has 1 aromatic carbocycles. The van der Waals surface area contributed by atoms with Crippen molar-refractivity contribution >= 4 is 11.8 Å². The number of carbonyl (C=O) groups is 2. The molecule has 0 bridgehead atoms. The maximum Gasteiger partial charge on any atom is 0.276 e. The zero-order valence-electron chi connectivity index (χ0n) is 18.0. The lowest BCUT2D eigenvalue weighted by Gasteiger charge is -2.34. The number of rotatable bonds is 7. The number of piperidine rings is 1. The first-order valence-electron chi connectivity index (χ1n) is 10.4. The van der Waals surface area contributed by atoms with E-state index in [1.54, 1.807) is 61.8 Å². The van der Waals surface area contributed by atoms with E-state index >= 15 is 0 Å². The number of benzene rings is 1. The molecule has 1 aliphatic rings. The maximum atomic E-state index is 13.2. The number of likely N-dealkylation sites (tertiary alicyclic amines) is 1. The number of carbonyl (C=O) groups excluding carboxylic acids is 2. The lowest BCUT2D eigenvalue weighted by Crippen LogP contribution is -2.51. The number of furan rings is 1. The largest absolute Gasteiger partial charge is 0.497 e. The molecule has 0 saturated carbocycles. The second-order valence-electron chi connectivity index (χ2n) is 7.45. The molecule has 0 spiro atoms. The Morgan fingerprint density at radius 3 is 2.81 bits per heavy atom. The third-order valence-corrected chi connectivity index (χ3v) is 5.48. The fourth-order valence-electron chi connectivity index (χ4n) is 3.81. The highest BCUT2D eigenvalue weighted by Gasteiger charge is 2.34. The van der Waals surface area contributed by atoms with Crippen molar-refractivity contribution in [3.63, 3.8) is 0 Å². The van der Waals surface area contributed by atoms with Gasteiger partial charge in [-0.1, -0.05) is 5.16 Å². The molecule has 0 aliphatic carbocycles. The lowest BCUT2D eigenvalue weighted by molar-refractivity contribution is -0.126. The molecule has 9 nitrogen and oxygen atoms in total. The molecule has 2 amide bonds. The fraction of sp³-hybridized carbons (Fsp3) is 0.348. The van der Waals surface area contributed by atoms with Crippen molar-refractivity contribution in [3.8, 4) is 22.8 Å². The average molecular weight is 439 g/mol. The molecule has 168 valence electrons. The van der Waals surface area contributed by atoms with Gasteiger partial charge in [-0.2, -0.15) is 0 Å². The lowest BCUT2D eigenvalue weighted by atomic mass is 10.0. The van der Waals surface area contributed by atoms with Crippen LogP contribution < -0.4 is 14.8 Å². The van der Waals surface area contributed by atoms with Crippen LogP contribution in [0.4, 0.5) is 0 Å². The van der Waals surface area contributed by atoms with Crippen molar-refractivity contribution in [1.29, 1.82) is 0 Å².